The van der Waals surface area contributed by atoms with Crippen molar-refractivity contribution >= 4 is 0 Å². The summed E-state index contributed by atoms with van der Waals surface area (Å²) in [5.74, 6) is 3.62. The number of aromatic nitrogens is 4. The van der Waals surface area contributed by atoms with Crippen LogP contribution in [0.1, 0.15) is 37.1 Å². The van der Waals surface area contributed by atoms with E-state index in [4.69, 9.17) is 0 Å². The maximum absolute atomic E-state index is 4.57. The molecule has 1 N–H and O–H groups in total. The number of rotatable bonds is 1. The van der Waals surface area contributed by atoms with Crippen LogP contribution in [0.15, 0.2) is 12.4 Å². The lowest BCUT2D eigenvalue weighted by Gasteiger charge is -1.99. The topological polar surface area (TPSA) is 46.5 Å². The molecule has 0 spiro atoms. The van der Waals surface area contributed by atoms with Crippen LogP contribution in [0.5, 0.6) is 0 Å². The van der Waals surface area contributed by atoms with Crippen molar-refractivity contribution < 1.29 is 0 Å². The molecule has 0 amide bonds. The van der Waals surface area contributed by atoms with Gasteiger partial charge in [-0.2, -0.15) is 0 Å². The minimum Gasteiger partial charge on any atom is -0.343 e. The zero-order chi connectivity index (χ0) is 9.71. The highest BCUT2D eigenvalue weighted by atomic mass is 15.2. The van der Waals surface area contributed by atoms with Crippen molar-refractivity contribution in [1.29, 1.82) is 0 Å². The summed E-state index contributed by atoms with van der Waals surface area (Å²) in [6.07, 6.45) is 4.66. The van der Waals surface area contributed by atoms with Gasteiger partial charge >= 0.3 is 0 Å². The summed E-state index contributed by atoms with van der Waals surface area (Å²) in [6.45, 7) is 4.28. The van der Waals surface area contributed by atoms with Gasteiger partial charge in [0.05, 0.1) is 12.1 Å². The summed E-state index contributed by atoms with van der Waals surface area (Å²) < 4.78 is 2.05. The summed E-state index contributed by atoms with van der Waals surface area (Å²) in [7, 11) is 0. The van der Waals surface area contributed by atoms with Crippen molar-refractivity contribution in [3.8, 4) is 5.82 Å². The SMILES string of the molecule is CC(C)c1nc2c([nH]1)Cc1nccn1-2. The van der Waals surface area contributed by atoms with E-state index in [9.17, 15) is 0 Å². The molecule has 3 rings (SSSR count). The Morgan fingerprint density at radius 1 is 1.50 bits per heavy atom. The van der Waals surface area contributed by atoms with Gasteiger partial charge in [0.1, 0.15) is 11.6 Å². The summed E-state index contributed by atoms with van der Waals surface area (Å²) in [5.41, 5.74) is 1.19. The highest BCUT2D eigenvalue weighted by Crippen LogP contribution is 2.26. The third kappa shape index (κ3) is 0.880. The van der Waals surface area contributed by atoms with E-state index < -0.39 is 0 Å². The Hall–Kier alpha value is -1.58. The molecule has 1 aliphatic rings. The van der Waals surface area contributed by atoms with Gasteiger partial charge < -0.3 is 4.98 Å². The van der Waals surface area contributed by atoms with Gasteiger partial charge in [0, 0.05) is 18.3 Å². The monoisotopic (exact) mass is 188 g/mol. The van der Waals surface area contributed by atoms with E-state index in [1.807, 2.05) is 12.4 Å². The number of hydrogen-bond acceptors (Lipinski definition) is 2. The fourth-order valence-electron chi connectivity index (χ4n) is 1.83. The fourth-order valence-corrected chi connectivity index (χ4v) is 1.83. The van der Waals surface area contributed by atoms with Crippen LogP contribution in [0, 0.1) is 0 Å². The van der Waals surface area contributed by atoms with Crippen molar-refractivity contribution in [1.82, 2.24) is 19.5 Å². The van der Waals surface area contributed by atoms with Crippen molar-refractivity contribution in [2.45, 2.75) is 26.2 Å². The van der Waals surface area contributed by atoms with Crippen LogP contribution >= 0.6 is 0 Å². The van der Waals surface area contributed by atoms with Gasteiger partial charge in [-0.3, -0.25) is 4.57 Å². The van der Waals surface area contributed by atoms with Gasteiger partial charge in [0.2, 0.25) is 0 Å². The smallest absolute Gasteiger partial charge is 0.160 e. The number of fused-ring (bicyclic) bond motifs is 3. The number of aromatic amines is 1. The molecule has 4 nitrogen and oxygen atoms in total. The average Bonchev–Trinajstić information content (AvgIpc) is 2.70. The minimum atomic E-state index is 0.451. The van der Waals surface area contributed by atoms with Gasteiger partial charge in [-0.1, -0.05) is 13.8 Å². The molecule has 0 atom stereocenters. The molecule has 0 unspecified atom stereocenters. The Kier molecular flexibility index (Phi) is 1.37. The number of hydrogen-bond donors (Lipinski definition) is 1. The highest BCUT2D eigenvalue weighted by Gasteiger charge is 2.23. The van der Waals surface area contributed by atoms with Crippen LogP contribution < -0.4 is 0 Å². The van der Waals surface area contributed by atoms with Crippen molar-refractivity contribution in [3.05, 3.63) is 29.7 Å². The first-order chi connectivity index (χ1) is 6.75. The molecule has 0 saturated heterocycles. The molecule has 3 heterocycles. The van der Waals surface area contributed by atoms with Crippen LogP contribution in [-0.2, 0) is 6.42 Å². The Morgan fingerprint density at radius 3 is 3.14 bits per heavy atom. The number of nitrogens with one attached hydrogen (secondary N) is 1. The molecule has 72 valence electrons. The quantitative estimate of drug-likeness (QED) is 0.630. The normalized spacial score (nSPS) is 13.4. The van der Waals surface area contributed by atoms with Gasteiger partial charge in [-0.15, -0.1) is 0 Å². The second kappa shape index (κ2) is 2.47. The Bertz CT molecular complexity index is 478. The van der Waals surface area contributed by atoms with Crippen molar-refractivity contribution in [2.75, 3.05) is 0 Å². The van der Waals surface area contributed by atoms with Crippen LogP contribution in [0.3, 0.4) is 0 Å². The van der Waals surface area contributed by atoms with Crippen LogP contribution in [0.2, 0.25) is 0 Å². The lowest BCUT2D eigenvalue weighted by Crippen LogP contribution is -1.96. The zero-order valence-corrected chi connectivity index (χ0v) is 8.28. The summed E-state index contributed by atoms with van der Waals surface area (Å²) in [5, 5.41) is 0. The molecule has 0 radical (unpaired) electrons. The van der Waals surface area contributed by atoms with Crippen LogP contribution in [-0.4, -0.2) is 19.5 Å². The Labute approximate surface area is 82.0 Å². The Morgan fingerprint density at radius 2 is 2.36 bits per heavy atom. The van der Waals surface area contributed by atoms with E-state index >= 15 is 0 Å². The molecule has 0 saturated carbocycles. The predicted molar refractivity (Wildman–Crippen MR) is 52.6 cm³/mol. The lowest BCUT2D eigenvalue weighted by atomic mass is 10.2. The van der Waals surface area contributed by atoms with Gasteiger partial charge in [-0.05, 0) is 0 Å². The van der Waals surface area contributed by atoms with E-state index in [1.165, 1.54) is 5.69 Å². The first kappa shape index (κ1) is 7.79. The molecule has 2 aromatic heterocycles. The maximum Gasteiger partial charge on any atom is 0.160 e. The molecule has 1 aliphatic heterocycles. The van der Waals surface area contributed by atoms with Gasteiger partial charge in [0.25, 0.3) is 0 Å². The lowest BCUT2D eigenvalue weighted by molar-refractivity contribution is 0.779. The van der Waals surface area contributed by atoms with E-state index in [0.29, 0.717) is 5.92 Å². The second-order valence-corrected chi connectivity index (χ2v) is 3.97. The van der Waals surface area contributed by atoms with Crippen LogP contribution in [0.25, 0.3) is 5.82 Å². The number of H-pyrrole nitrogens is 1. The first-order valence-corrected chi connectivity index (χ1v) is 4.87. The molecule has 0 bridgehead atoms. The average molecular weight is 188 g/mol. The largest absolute Gasteiger partial charge is 0.343 e. The maximum atomic E-state index is 4.57. The van der Waals surface area contributed by atoms with Crippen molar-refractivity contribution in [3.63, 3.8) is 0 Å². The van der Waals surface area contributed by atoms with E-state index in [1.54, 1.807) is 0 Å². The number of imidazole rings is 2. The van der Waals surface area contributed by atoms with E-state index in [2.05, 4.69) is 33.4 Å². The van der Waals surface area contributed by atoms with Gasteiger partial charge in [0.15, 0.2) is 5.82 Å². The standard InChI is InChI=1S/C10H12N4/c1-6(2)9-12-7-5-8-11-3-4-14(8)10(7)13-9/h3-4,6H,5H2,1-2H3,(H,12,13). The molecular weight excluding hydrogens is 176 g/mol. The third-order valence-corrected chi connectivity index (χ3v) is 2.60. The molecule has 14 heavy (non-hydrogen) atoms. The van der Waals surface area contributed by atoms with E-state index in [-0.39, 0.29) is 0 Å². The second-order valence-electron chi connectivity index (χ2n) is 3.97. The van der Waals surface area contributed by atoms with Crippen LogP contribution in [0.4, 0.5) is 0 Å². The van der Waals surface area contributed by atoms with Gasteiger partial charge in [-0.25, -0.2) is 9.97 Å². The highest BCUT2D eigenvalue weighted by molar-refractivity contribution is 5.40. The molecule has 2 aromatic rings. The molecular formula is C10H12N4. The predicted octanol–water partition coefficient (Wildman–Crippen LogP) is 1.62. The third-order valence-electron chi connectivity index (χ3n) is 2.60. The van der Waals surface area contributed by atoms with Crippen molar-refractivity contribution in [2.24, 2.45) is 0 Å². The molecule has 4 heteroatoms. The molecule has 0 aliphatic carbocycles. The summed E-state index contributed by atoms with van der Waals surface area (Å²) >= 11 is 0. The first-order valence-electron chi connectivity index (χ1n) is 4.87. The molecule has 0 fully saturated rings. The minimum absolute atomic E-state index is 0.451. The molecule has 0 aromatic carbocycles. The zero-order valence-electron chi connectivity index (χ0n) is 8.28. The summed E-state index contributed by atoms with van der Waals surface area (Å²) in [6, 6.07) is 0. The fraction of sp³-hybridized carbons (Fsp3) is 0.400. The number of nitrogens with zero attached hydrogens (tertiary/aromatic N) is 3. The Balaban J connectivity index is 2.15. The summed E-state index contributed by atoms with van der Waals surface area (Å²) in [4.78, 5) is 12.2. The van der Waals surface area contributed by atoms with E-state index in [0.717, 1.165) is 23.9 Å².